The number of carbonyl (C=O) groups excluding carboxylic acids is 1. The van der Waals surface area contributed by atoms with Crippen molar-refractivity contribution < 1.29 is 9.53 Å². The van der Waals surface area contributed by atoms with Gasteiger partial charge in [-0.1, -0.05) is 43.0 Å². The van der Waals surface area contributed by atoms with E-state index in [4.69, 9.17) is 4.74 Å². The highest BCUT2D eigenvalue weighted by molar-refractivity contribution is 5.83. The zero-order valence-corrected chi connectivity index (χ0v) is 10.6. The molecule has 2 aromatic carbocycles. The molecular formula is C16H16O2. The van der Waals surface area contributed by atoms with Crippen molar-refractivity contribution in [2.45, 2.75) is 19.4 Å². The fourth-order valence-corrected chi connectivity index (χ4v) is 2.02. The zero-order valence-electron chi connectivity index (χ0n) is 10.6. The van der Waals surface area contributed by atoms with Crippen molar-refractivity contribution in [3.8, 4) is 0 Å². The van der Waals surface area contributed by atoms with Crippen molar-refractivity contribution in [1.82, 2.24) is 0 Å². The van der Waals surface area contributed by atoms with Crippen LogP contribution in [0.1, 0.15) is 19.4 Å². The molecule has 0 fully saturated rings. The molecule has 0 heterocycles. The molecule has 92 valence electrons. The van der Waals surface area contributed by atoms with E-state index in [0.29, 0.717) is 0 Å². The van der Waals surface area contributed by atoms with E-state index in [-0.39, 0.29) is 5.97 Å². The molecule has 18 heavy (non-hydrogen) atoms. The fraction of sp³-hybridized carbons (Fsp3) is 0.188. The minimum absolute atomic E-state index is 0.314. The lowest BCUT2D eigenvalue weighted by Crippen LogP contribution is -2.25. The highest BCUT2D eigenvalue weighted by Crippen LogP contribution is 2.29. The summed E-state index contributed by atoms with van der Waals surface area (Å²) >= 11 is 0. The normalized spacial score (nSPS) is 13.9. The van der Waals surface area contributed by atoms with Gasteiger partial charge >= 0.3 is 5.97 Å². The monoisotopic (exact) mass is 240 g/mol. The van der Waals surface area contributed by atoms with Crippen LogP contribution in [0.2, 0.25) is 0 Å². The molecule has 0 radical (unpaired) electrons. The Labute approximate surface area is 107 Å². The molecule has 1 atom stereocenters. The second-order valence-electron chi connectivity index (χ2n) is 4.47. The van der Waals surface area contributed by atoms with Gasteiger partial charge in [-0.2, -0.15) is 0 Å². The van der Waals surface area contributed by atoms with Crippen molar-refractivity contribution in [1.29, 1.82) is 0 Å². The largest absolute Gasteiger partial charge is 0.450 e. The third kappa shape index (κ3) is 2.28. The smallest absolute Gasteiger partial charge is 0.303 e. The lowest BCUT2D eigenvalue weighted by atomic mass is 9.93. The summed E-state index contributed by atoms with van der Waals surface area (Å²) in [5.74, 6) is -0.314. The van der Waals surface area contributed by atoms with Crippen molar-refractivity contribution in [2.75, 3.05) is 0 Å². The average Bonchev–Trinajstić information content (AvgIpc) is 2.37. The van der Waals surface area contributed by atoms with Crippen LogP contribution in [0.15, 0.2) is 55.1 Å². The van der Waals surface area contributed by atoms with E-state index in [0.717, 1.165) is 16.3 Å². The molecule has 0 bridgehead atoms. The number of ether oxygens (including phenoxy) is 1. The Morgan fingerprint density at radius 3 is 2.50 bits per heavy atom. The standard InChI is InChI=1S/C16H16O2/c1-4-16(3,18-12(2)17)15-10-9-13-7-5-6-8-14(13)11-15/h4-11H,1H2,2-3H3. The summed E-state index contributed by atoms with van der Waals surface area (Å²) in [6, 6.07) is 14.1. The van der Waals surface area contributed by atoms with Crippen LogP contribution in [0.3, 0.4) is 0 Å². The number of benzene rings is 2. The number of carbonyl (C=O) groups is 1. The number of rotatable bonds is 3. The Kier molecular flexibility index (Phi) is 3.19. The van der Waals surface area contributed by atoms with Crippen molar-refractivity contribution in [2.24, 2.45) is 0 Å². The molecule has 2 aromatic rings. The molecule has 0 aromatic heterocycles. The van der Waals surface area contributed by atoms with E-state index in [2.05, 4.69) is 12.6 Å². The van der Waals surface area contributed by atoms with Gasteiger partial charge in [0.15, 0.2) is 5.60 Å². The molecule has 1 unspecified atom stereocenters. The predicted molar refractivity (Wildman–Crippen MR) is 73.3 cm³/mol. The van der Waals surface area contributed by atoms with E-state index in [1.807, 2.05) is 43.3 Å². The van der Waals surface area contributed by atoms with Gasteiger partial charge in [0, 0.05) is 6.92 Å². The quantitative estimate of drug-likeness (QED) is 0.602. The van der Waals surface area contributed by atoms with Crippen LogP contribution in [-0.2, 0) is 15.1 Å². The molecule has 2 nitrogen and oxygen atoms in total. The van der Waals surface area contributed by atoms with Crippen LogP contribution in [0.5, 0.6) is 0 Å². The number of hydrogen-bond donors (Lipinski definition) is 0. The van der Waals surface area contributed by atoms with Crippen molar-refractivity contribution in [3.63, 3.8) is 0 Å². The summed E-state index contributed by atoms with van der Waals surface area (Å²) in [5.41, 5.74) is 0.141. The highest BCUT2D eigenvalue weighted by Gasteiger charge is 2.26. The molecule has 2 rings (SSSR count). The molecule has 0 saturated heterocycles. The summed E-state index contributed by atoms with van der Waals surface area (Å²) in [6.07, 6.45) is 1.65. The molecule has 0 spiro atoms. The molecule has 0 amide bonds. The van der Waals surface area contributed by atoms with Gasteiger partial charge in [0.05, 0.1) is 0 Å². The Bertz CT molecular complexity index is 601. The van der Waals surface area contributed by atoms with Gasteiger partial charge < -0.3 is 4.74 Å². The van der Waals surface area contributed by atoms with Gasteiger partial charge in [0.2, 0.25) is 0 Å². The van der Waals surface area contributed by atoms with Crippen LogP contribution in [0, 0.1) is 0 Å². The summed E-state index contributed by atoms with van der Waals surface area (Å²) in [6.45, 7) is 7.01. The van der Waals surface area contributed by atoms with Gasteiger partial charge in [0.1, 0.15) is 0 Å². The molecule has 0 aliphatic heterocycles. The van der Waals surface area contributed by atoms with E-state index < -0.39 is 5.60 Å². The summed E-state index contributed by atoms with van der Waals surface area (Å²) < 4.78 is 5.36. The minimum atomic E-state index is -0.782. The Morgan fingerprint density at radius 2 is 1.89 bits per heavy atom. The van der Waals surface area contributed by atoms with E-state index >= 15 is 0 Å². The first-order valence-corrected chi connectivity index (χ1v) is 5.87. The fourth-order valence-electron chi connectivity index (χ4n) is 2.02. The van der Waals surface area contributed by atoms with Crippen LogP contribution in [0.25, 0.3) is 10.8 Å². The second kappa shape index (κ2) is 4.65. The summed E-state index contributed by atoms with van der Waals surface area (Å²) in [4.78, 5) is 11.2. The van der Waals surface area contributed by atoms with Gasteiger partial charge in [-0.3, -0.25) is 4.79 Å². The maximum absolute atomic E-state index is 11.2. The third-order valence-electron chi connectivity index (χ3n) is 3.07. The van der Waals surface area contributed by atoms with E-state index in [9.17, 15) is 4.79 Å². The van der Waals surface area contributed by atoms with Gasteiger partial charge in [0.25, 0.3) is 0 Å². The van der Waals surface area contributed by atoms with Crippen LogP contribution < -0.4 is 0 Å². The van der Waals surface area contributed by atoms with Gasteiger partial charge in [-0.15, -0.1) is 0 Å². The van der Waals surface area contributed by atoms with Gasteiger partial charge in [-0.05, 0) is 35.4 Å². The molecule has 0 aliphatic carbocycles. The molecule has 2 heteroatoms. The van der Waals surface area contributed by atoms with E-state index in [1.165, 1.54) is 6.92 Å². The number of esters is 1. The summed E-state index contributed by atoms with van der Waals surface area (Å²) in [5, 5.41) is 2.28. The molecule has 0 saturated carbocycles. The van der Waals surface area contributed by atoms with Crippen LogP contribution >= 0.6 is 0 Å². The average molecular weight is 240 g/mol. The first kappa shape index (κ1) is 12.4. The van der Waals surface area contributed by atoms with Crippen LogP contribution in [0.4, 0.5) is 0 Å². The first-order chi connectivity index (χ1) is 8.55. The summed E-state index contributed by atoms with van der Waals surface area (Å²) in [7, 11) is 0. The van der Waals surface area contributed by atoms with Crippen molar-refractivity contribution >= 4 is 16.7 Å². The third-order valence-corrected chi connectivity index (χ3v) is 3.07. The zero-order chi connectivity index (χ0) is 13.2. The Balaban J connectivity index is 2.51. The van der Waals surface area contributed by atoms with Crippen molar-refractivity contribution in [3.05, 3.63) is 60.7 Å². The number of fused-ring (bicyclic) bond motifs is 1. The first-order valence-electron chi connectivity index (χ1n) is 5.87. The molecular weight excluding hydrogens is 224 g/mol. The Hall–Kier alpha value is -2.09. The van der Waals surface area contributed by atoms with Gasteiger partial charge in [-0.25, -0.2) is 0 Å². The lowest BCUT2D eigenvalue weighted by molar-refractivity contribution is -0.151. The maximum atomic E-state index is 11.2. The highest BCUT2D eigenvalue weighted by atomic mass is 16.6. The molecule has 0 N–H and O–H groups in total. The predicted octanol–water partition coefficient (Wildman–Crippen LogP) is 3.80. The topological polar surface area (TPSA) is 26.3 Å². The second-order valence-corrected chi connectivity index (χ2v) is 4.47. The SMILES string of the molecule is C=CC(C)(OC(C)=O)c1ccc2ccccc2c1. The minimum Gasteiger partial charge on any atom is -0.450 e. The van der Waals surface area contributed by atoms with Crippen LogP contribution in [-0.4, -0.2) is 5.97 Å². The van der Waals surface area contributed by atoms with E-state index in [1.54, 1.807) is 6.08 Å². The Morgan fingerprint density at radius 1 is 1.22 bits per heavy atom. The molecule has 0 aliphatic rings. The lowest BCUT2D eigenvalue weighted by Gasteiger charge is -2.26. The number of hydrogen-bond acceptors (Lipinski definition) is 2. The maximum Gasteiger partial charge on any atom is 0.303 e.